The van der Waals surface area contributed by atoms with E-state index >= 15 is 0 Å². The molecule has 2 rings (SSSR count). The Hall–Kier alpha value is -3.91. The number of terminal acetylenes is 1. The first kappa shape index (κ1) is 21.4. The quantitative estimate of drug-likeness (QED) is 0.447. The van der Waals surface area contributed by atoms with Gasteiger partial charge in [0.15, 0.2) is 11.5 Å². The summed E-state index contributed by atoms with van der Waals surface area (Å²) in [4.78, 5) is 12.3. The lowest BCUT2D eigenvalue weighted by atomic mass is 10.1. The predicted octanol–water partition coefficient (Wildman–Crippen LogP) is 4.27. The van der Waals surface area contributed by atoms with Crippen LogP contribution in [0, 0.1) is 23.7 Å². The third-order valence-corrected chi connectivity index (χ3v) is 3.62. The standard InChI is InChI=1S/C21H15F3N2O3/c1-3-9-29-18-8-7-14(11-19(18)28-2)10-15(13-25)20(27)26-17-6-4-5-16(12-17)21(22,23)24/h1,4-8,10-12H,9H2,2H3,(H,26,27)/b15-10+. The number of ether oxygens (including phenoxy) is 2. The van der Waals surface area contributed by atoms with Gasteiger partial charge >= 0.3 is 6.18 Å². The van der Waals surface area contributed by atoms with Gasteiger partial charge in [0, 0.05) is 5.69 Å². The zero-order valence-electron chi connectivity index (χ0n) is 15.2. The molecule has 2 aromatic rings. The number of methoxy groups -OCH3 is 1. The maximum absolute atomic E-state index is 12.8. The second kappa shape index (κ2) is 9.34. The summed E-state index contributed by atoms with van der Waals surface area (Å²) < 4.78 is 48.9. The van der Waals surface area contributed by atoms with Gasteiger partial charge in [0.1, 0.15) is 18.2 Å². The van der Waals surface area contributed by atoms with E-state index in [0.29, 0.717) is 17.1 Å². The monoisotopic (exact) mass is 400 g/mol. The van der Waals surface area contributed by atoms with Crippen LogP contribution >= 0.6 is 0 Å². The average Bonchev–Trinajstić information content (AvgIpc) is 2.70. The van der Waals surface area contributed by atoms with E-state index in [1.807, 2.05) is 0 Å². The highest BCUT2D eigenvalue weighted by Gasteiger charge is 2.30. The summed E-state index contributed by atoms with van der Waals surface area (Å²) >= 11 is 0. The van der Waals surface area contributed by atoms with Crippen LogP contribution in [0.15, 0.2) is 48.0 Å². The largest absolute Gasteiger partial charge is 0.493 e. The molecule has 0 bridgehead atoms. The molecule has 29 heavy (non-hydrogen) atoms. The van der Waals surface area contributed by atoms with Crippen LogP contribution in [0.3, 0.4) is 0 Å². The molecular formula is C21H15F3N2O3. The topological polar surface area (TPSA) is 71.3 Å². The number of nitriles is 1. The molecule has 0 saturated carbocycles. The molecule has 0 aliphatic carbocycles. The number of nitrogens with zero attached hydrogens (tertiary/aromatic N) is 1. The highest BCUT2D eigenvalue weighted by Crippen LogP contribution is 2.31. The maximum atomic E-state index is 12.8. The molecule has 1 amide bonds. The number of anilines is 1. The number of alkyl halides is 3. The van der Waals surface area contributed by atoms with E-state index in [1.165, 1.54) is 25.3 Å². The van der Waals surface area contributed by atoms with Gasteiger partial charge in [-0.15, -0.1) is 6.42 Å². The summed E-state index contributed by atoms with van der Waals surface area (Å²) in [6.45, 7) is 0.0361. The van der Waals surface area contributed by atoms with Crippen LogP contribution < -0.4 is 14.8 Å². The number of benzene rings is 2. The molecule has 0 fully saturated rings. The number of hydrogen-bond donors (Lipinski definition) is 1. The van der Waals surface area contributed by atoms with Gasteiger partial charge in [-0.25, -0.2) is 0 Å². The fourth-order valence-electron chi connectivity index (χ4n) is 2.30. The van der Waals surface area contributed by atoms with E-state index in [2.05, 4.69) is 11.2 Å². The zero-order valence-corrected chi connectivity index (χ0v) is 15.2. The predicted molar refractivity (Wildman–Crippen MR) is 101 cm³/mol. The molecule has 0 radical (unpaired) electrons. The molecule has 1 N–H and O–H groups in total. The van der Waals surface area contributed by atoms with Crippen LogP contribution in [-0.2, 0) is 11.0 Å². The number of hydrogen-bond acceptors (Lipinski definition) is 4. The minimum Gasteiger partial charge on any atom is -0.493 e. The van der Waals surface area contributed by atoms with Crippen molar-refractivity contribution in [2.45, 2.75) is 6.18 Å². The van der Waals surface area contributed by atoms with Gasteiger partial charge in [-0.2, -0.15) is 18.4 Å². The van der Waals surface area contributed by atoms with E-state index in [9.17, 15) is 23.2 Å². The van der Waals surface area contributed by atoms with Gasteiger partial charge in [-0.1, -0.05) is 18.1 Å². The Morgan fingerprint density at radius 1 is 1.24 bits per heavy atom. The molecule has 0 saturated heterocycles. The van der Waals surface area contributed by atoms with Crippen molar-refractivity contribution in [1.29, 1.82) is 5.26 Å². The van der Waals surface area contributed by atoms with Crippen LogP contribution in [0.25, 0.3) is 6.08 Å². The van der Waals surface area contributed by atoms with Crippen molar-refractivity contribution in [3.63, 3.8) is 0 Å². The number of carbonyl (C=O) groups excluding carboxylic acids is 1. The summed E-state index contributed by atoms with van der Waals surface area (Å²) in [7, 11) is 1.41. The third kappa shape index (κ3) is 5.78. The van der Waals surface area contributed by atoms with Crippen molar-refractivity contribution >= 4 is 17.7 Å². The van der Waals surface area contributed by atoms with Gasteiger partial charge in [-0.05, 0) is 42.0 Å². The molecule has 8 heteroatoms. The molecule has 2 aromatic carbocycles. The average molecular weight is 400 g/mol. The number of amides is 1. The summed E-state index contributed by atoms with van der Waals surface area (Å²) in [6, 6.07) is 10.5. The first-order valence-electron chi connectivity index (χ1n) is 8.13. The molecule has 0 aromatic heterocycles. The van der Waals surface area contributed by atoms with Crippen molar-refractivity contribution in [3.8, 4) is 29.9 Å². The summed E-state index contributed by atoms with van der Waals surface area (Å²) in [5.74, 6) is 2.19. The van der Waals surface area contributed by atoms with Gasteiger partial charge < -0.3 is 14.8 Å². The van der Waals surface area contributed by atoms with Crippen molar-refractivity contribution in [2.75, 3.05) is 19.0 Å². The first-order valence-corrected chi connectivity index (χ1v) is 8.13. The minimum atomic E-state index is -4.55. The molecule has 5 nitrogen and oxygen atoms in total. The lowest BCUT2D eigenvalue weighted by molar-refractivity contribution is -0.137. The van der Waals surface area contributed by atoms with E-state index in [-0.39, 0.29) is 17.9 Å². The third-order valence-electron chi connectivity index (χ3n) is 3.62. The van der Waals surface area contributed by atoms with Crippen molar-refractivity contribution in [3.05, 3.63) is 59.2 Å². The molecule has 0 unspecified atom stereocenters. The number of carbonyl (C=O) groups is 1. The Labute approximate surface area is 165 Å². The molecule has 0 atom stereocenters. The van der Waals surface area contributed by atoms with Crippen LogP contribution in [0.5, 0.6) is 11.5 Å². The maximum Gasteiger partial charge on any atom is 0.416 e. The lowest BCUT2D eigenvalue weighted by Gasteiger charge is -2.10. The molecule has 0 heterocycles. The van der Waals surface area contributed by atoms with Crippen molar-refractivity contribution in [2.24, 2.45) is 0 Å². The van der Waals surface area contributed by atoms with Crippen LogP contribution in [0.2, 0.25) is 0 Å². The highest BCUT2D eigenvalue weighted by molar-refractivity contribution is 6.09. The fraction of sp³-hybridized carbons (Fsp3) is 0.143. The molecule has 148 valence electrons. The Balaban J connectivity index is 2.25. The summed E-state index contributed by atoms with van der Waals surface area (Å²) in [6.07, 6.45) is 1.87. The van der Waals surface area contributed by atoms with E-state index in [0.717, 1.165) is 18.2 Å². The van der Waals surface area contributed by atoms with E-state index in [1.54, 1.807) is 18.2 Å². The van der Waals surface area contributed by atoms with Gasteiger partial charge in [0.2, 0.25) is 0 Å². The normalized spacial score (nSPS) is 11.2. The molecule has 0 aliphatic heterocycles. The number of nitrogens with one attached hydrogen (secondary N) is 1. The van der Waals surface area contributed by atoms with Crippen LogP contribution in [0.4, 0.5) is 18.9 Å². The Morgan fingerprint density at radius 3 is 2.62 bits per heavy atom. The fourth-order valence-corrected chi connectivity index (χ4v) is 2.30. The number of rotatable bonds is 6. The highest BCUT2D eigenvalue weighted by atomic mass is 19.4. The SMILES string of the molecule is C#CCOc1ccc(/C=C(\C#N)C(=O)Nc2cccc(C(F)(F)F)c2)cc1OC. The van der Waals surface area contributed by atoms with Gasteiger partial charge in [0.25, 0.3) is 5.91 Å². The Kier molecular flexibility index (Phi) is 6.89. The second-order valence-corrected chi connectivity index (χ2v) is 5.61. The lowest BCUT2D eigenvalue weighted by Crippen LogP contribution is -2.14. The molecular weight excluding hydrogens is 385 g/mol. The first-order chi connectivity index (χ1) is 13.8. The molecule has 0 aliphatic rings. The summed E-state index contributed by atoms with van der Waals surface area (Å²) in [5, 5.41) is 11.6. The smallest absolute Gasteiger partial charge is 0.416 e. The summed E-state index contributed by atoms with van der Waals surface area (Å²) in [5.41, 5.74) is -0.848. The van der Waals surface area contributed by atoms with Crippen LogP contribution in [-0.4, -0.2) is 19.6 Å². The van der Waals surface area contributed by atoms with E-state index < -0.39 is 17.6 Å². The van der Waals surface area contributed by atoms with Crippen molar-refractivity contribution in [1.82, 2.24) is 0 Å². The number of halogens is 3. The van der Waals surface area contributed by atoms with Crippen molar-refractivity contribution < 1.29 is 27.4 Å². The minimum absolute atomic E-state index is 0.0361. The van der Waals surface area contributed by atoms with E-state index in [4.69, 9.17) is 15.9 Å². The Morgan fingerprint density at radius 2 is 2.00 bits per heavy atom. The van der Waals surface area contributed by atoms with Gasteiger partial charge in [0.05, 0.1) is 12.7 Å². The van der Waals surface area contributed by atoms with Gasteiger partial charge in [-0.3, -0.25) is 4.79 Å². The zero-order chi connectivity index (χ0) is 21.4. The van der Waals surface area contributed by atoms with Crippen LogP contribution in [0.1, 0.15) is 11.1 Å². The molecule has 0 spiro atoms. The Bertz CT molecular complexity index is 1020. The second-order valence-electron chi connectivity index (χ2n) is 5.61.